The summed E-state index contributed by atoms with van der Waals surface area (Å²) in [5.74, 6) is 0.716. The zero-order valence-corrected chi connectivity index (χ0v) is 12.4. The Morgan fingerprint density at radius 1 is 1.35 bits per heavy atom. The minimum absolute atomic E-state index is 0.316. The average molecular weight is 275 g/mol. The maximum Gasteiger partial charge on any atom is 0.181 e. The number of hydrogen-bond acceptors (Lipinski definition) is 3. The van der Waals surface area contributed by atoms with E-state index in [1.807, 2.05) is 6.08 Å². The molecule has 0 N–H and O–H groups in total. The third-order valence-corrected chi connectivity index (χ3v) is 4.13. The lowest BCUT2D eigenvalue weighted by Crippen LogP contribution is -2.13. The lowest BCUT2D eigenvalue weighted by Gasteiger charge is -2.18. The molecule has 1 aliphatic carbocycles. The summed E-state index contributed by atoms with van der Waals surface area (Å²) in [7, 11) is 0. The minimum Gasteiger partial charge on any atom is -0.451 e. The van der Waals surface area contributed by atoms with Gasteiger partial charge in [0.15, 0.2) is 12.2 Å². The molecule has 0 saturated heterocycles. The highest BCUT2D eigenvalue weighted by atomic mass is 16.3. The molecule has 0 aliphatic heterocycles. The fourth-order valence-electron chi connectivity index (χ4n) is 2.96. The van der Waals surface area contributed by atoms with Crippen LogP contribution in [0.4, 0.5) is 0 Å². The molecule has 1 aliphatic rings. The first-order valence-electron chi connectivity index (χ1n) is 7.94. The third kappa shape index (κ3) is 4.32. The Hall–Kier alpha value is -1.38. The summed E-state index contributed by atoms with van der Waals surface area (Å²) in [5.41, 5.74) is 1.75. The van der Waals surface area contributed by atoms with E-state index in [0.29, 0.717) is 18.1 Å². The van der Waals surface area contributed by atoms with Gasteiger partial charge >= 0.3 is 0 Å². The van der Waals surface area contributed by atoms with Crippen LogP contribution in [-0.4, -0.2) is 10.8 Å². The molecule has 1 atom stereocenters. The van der Waals surface area contributed by atoms with Gasteiger partial charge in [-0.25, -0.2) is 4.98 Å². The lowest BCUT2D eigenvalue weighted by atomic mass is 9.86. The first kappa shape index (κ1) is 15.0. The average Bonchev–Trinajstić information content (AvgIpc) is 2.97. The Bertz CT molecular complexity index is 434. The molecule has 1 heterocycles. The first-order valence-corrected chi connectivity index (χ1v) is 7.94. The third-order valence-electron chi connectivity index (χ3n) is 4.13. The molecule has 20 heavy (non-hydrogen) atoms. The van der Waals surface area contributed by atoms with Crippen LogP contribution in [0.15, 0.2) is 22.6 Å². The van der Waals surface area contributed by atoms with Gasteiger partial charge in [0, 0.05) is 12.0 Å². The second-order valence-corrected chi connectivity index (χ2v) is 5.73. The van der Waals surface area contributed by atoms with E-state index in [1.165, 1.54) is 38.5 Å². The van der Waals surface area contributed by atoms with E-state index in [1.54, 1.807) is 6.26 Å². The number of nitrogens with zero attached hydrogens (tertiary/aromatic N) is 1. The van der Waals surface area contributed by atoms with Crippen LogP contribution < -0.4 is 0 Å². The second kappa shape index (κ2) is 8.03. The Morgan fingerprint density at radius 2 is 2.20 bits per heavy atom. The van der Waals surface area contributed by atoms with Crippen LogP contribution >= 0.6 is 0 Å². The van der Waals surface area contributed by atoms with Crippen molar-refractivity contribution in [3.8, 4) is 0 Å². The summed E-state index contributed by atoms with van der Waals surface area (Å²) < 4.78 is 5.02. The van der Waals surface area contributed by atoms with Crippen LogP contribution in [0.1, 0.15) is 70.4 Å². The van der Waals surface area contributed by atoms with E-state index in [0.717, 1.165) is 30.5 Å². The molecule has 1 aromatic rings. The zero-order chi connectivity index (χ0) is 14.2. The number of hydrogen-bond donors (Lipinski definition) is 0. The smallest absolute Gasteiger partial charge is 0.181 e. The van der Waals surface area contributed by atoms with Crippen molar-refractivity contribution in [1.82, 2.24) is 4.98 Å². The van der Waals surface area contributed by atoms with Gasteiger partial charge in [0.25, 0.3) is 0 Å². The van der Waals surface area contributed by atoms with Crippen LogP contribution in [0.2, 0.25) is 0 Å². The largest absolute Gasteiger partial charge is 0.451 e. The van der Waals surface area contributed by atoms with Crippen LogP contribution in [-0.2, 0) is 4.79 Å². The van der Waals surface area contributed by atoms with Crippen molar-refractivity contribution < 1.29 is 9.21 Å². The van der Waals surface area contributed by atoms with Crippen molar-refractivity contribution in [3.05, 3.63) is 23.9 Å². The highest BCUT2D eigenvalue weighted by molar-refractivity contribution is 5.99. The van der Waals surface area contributed by atoms with Gasteiger partial charge in [-0.2, -0.15) is 0 Å². The molecule has 0 bridgehead atoms. The van der Waals surface area contributed by atoms with Crippen LogP contribution in [0, 0.1) is 5.92 Å². The second-order valence-electron chi connectivity index (χ2n) is 5.73. The van der Waals surface area contributed by atoms with Crippen LogP contribution in [0.5, 0.6) is 0 Å². The van der Waals surface area contributed by atoms with E-state index in [4.69, 9.17) is 4.42 Å². The maximum atomic E-state index is 12.5. The molecule has 0 unspecified atom stereocenters. The van der Waals surface area contributed by atoms with Gasteiger partial charge in [0.1, 0.15) is 12.0 Å². The van der Waals surface area contributed by atoms with Gasteiger partial charge < -0.3 is 4.42 Å². The van der Waals surface area contributed by atoms with Crippen molar-refractivity contribution in [2.75, 3.05) is 0 Å². The Balaban J connectivity index is 2.22. The van der Waals surface area contributed by atoms with Crippen molar-refractivity contribution >= 4 is 11.9 Å². The SMILES string of the molecule is CCCC[C@H]1CCCCCCC(=O)/C1=C/c1cocn1. The number of carbonyl (C=O) groups excluding carboxylic acids is 1. The first-order chi connectivity index (χ1) is 9.81. The number of rotatable bonds is 4. The normalized spacial score (nSPS) is 23.4. The number of ketones is 1. The van der Waals surface area contributed by atoms with Gasteiger partial charge in [-0.1, -0.05) is 39.0 Å². The lowest BCUT2D eigenvalue weighted by molar-refractivity contribution is -0.116. The van der Waals surface area contributed by atoms with Gasteiger partial charge in [-0.3, -0.25) is 4.79 Å². The fourth-order valence-corrected chi connectivity index (χ4v) is 2.96. The molecule has 0 spiro atoms. The van der Waals surface area contributed by atoms with E-state index < -0.39 is 0 Å². The number of Topliss-reactive ketones (excluding diaryl/α,β-unsaturated/α-hetero) is 1. The van der Waals surface area contributed by atoms with Crippen molar-refractivity contribution in [2.45, 2.75) is 64.7 Å². The van der Waals surface area contributed by atoms with Gasteiger partial charge in [0.2, 0.25) is 0 Å². The molecule has 0 radical (unpaired) electrons. The summed E-state index contributed by atoms with van der Waals surface area (Å²) in [5, 5.41) is 0. The molecule has 0 amide bonds. The Labute approximate surface area is 121 Å². The van der Waals surface area contributed by atoms with E-state index in [-0.39, 0.29) is 0 Å². The summed E-state index contributed by atoms with van der Waals surface area (Å²) in [6.45, 7) is 2.21. The summed E-state index contributed by atoms with van der Waals surface area (Å²) in [4.78, 5) is 16.6. The van der Waals surface area contributed by atoms with Crippen molar-refractivity contribution in [3.63, 3.8) is 0 Å². The molecule has 1 fully saturated rings. The van der Waals surface area contributed by atoms with Gasteiger partial charge in [-0.05, 0) is 31.3 Å². The number of oxazole rings is 1. The van der Waals surface area contributed by atoms with E-state index >= 15 is 0 Å². The standard InChI is InChI=1S/C17H25NO2/c1-2-3-8-14-9-6-4-5-7-10-17(19)16(14)11-15-12-20-13-18-15/h11-14H,2-10H2,1H3/b16-11+/t14-/m0/s1. The molecule has 3 nitrogen and oxygen atoms in total. The molecule has 1 aromatic heterocycles. The highest BCUT2D eigenvalue weighted by Gasteiger charge is 2.21. The predicted octanol–water partition coefficient (Wildman–Crippen LogP) is 4.79. The Kier molecular flexibility index (Phi) is 6.03. The topological polar surface area (TPSA) is 43.1 Å². The molecule has 3 heteroatoms. The minimum atomic E-state index is 0.316. The van der Waals surface area contributed by atoms with Gasteiger partial charge in [-0.15, -0.1) is 0 Å². The summed E-state index contributed by atoms with van der Waals surface area (Å²) in [6.07, 6.45) is 15.0. The number of carbonyl (C=O) groups is 1. The summed E-state index contributed by atoms with van der Waals surface area (Å²) >= 11 is 0. The van der Waals surface area contributed by atoms with E-state index in [2.05, 4.69) is 11.9 Å². The fraction of sp³-hybridized carbons (Fsp3) is 0.647. The molecular weight excluding hydrogens is 250 g/mol. The zero-order valence-electron chi connectivity index (χ0n) is 12.4. The van der Waals surface area contributed by atoms with Gasteiger partial charge in [0.05, 0.1) is 0 Å². The quantitative estimate of drug-likeness (QED) is 0.742. The number of aromatic nitrogens is 1. The molecular formula is C17H25NO2. The summed E-state index contributed by atoms with van der Waals surface area (Å²) in [6, 6.07) is 0. The maximum absolute atomic E-state index is 12.5. The predicted molar refractivity (Wildman–Crippen MR) is 80.2 cm³/mol. The molecule has 1 saturated carbocycles. The number of unbranched alkanes of at least 4 members (excludes halogenated alkanes) is 1. The van der Waals surface area contributed by atoms with Crippen molar-refractivity contribution in [2.24, 2.45) is 5.92 Å². The highest BCUT2D eigenvalue weighted by Crippen LogP contribution is 2.30. The monoisotopic (exact) mass is 275 g/mol. The van der Waals surface area contributed by atoms with Crippen LogP contribution in [0.25, 0.3) is 6.08 Å². The van der Waals surface area contributed by atoms with E-state index in [9.17, 15) is 4.79 Å². The molecule has 2 rings (SSSR count). The van der Waals surface area contributed by atoms with Crippen molar-refractivity contribution in [1.29, 1.82) is 0 Å². The van der Waals surface area contributed by atoms with Crippen LogP contribution in [0.3, 0.4) is 0 Å². The molecule has 0 aromatic carbocycles. The number of allylic oxidation sites excluding steroid dienone is 1. The Morgan fingerprint density at radius 3 is 2.95 bits per heavy atom. The molecule has 110 valence electrons.